The molecular weight excluding hydrogens is 160 g/mol. The molecule has 1 atom stereocenters. The van der Waals surface area contributed by atoms with Crippen molar-refractivity contribution in [2.45, 2.75) is 25.4 Å². The second-order valence-corrected chi connectivity index (χ2v) is 3.80. The Bertz CT molecular complexity index is 307. The van der Waals surface area contributed by atoms with Crippen LogP contribution in [0.15, 0.2) is 18.2 Å². The summed E-state index contributed by atoms with van der Waals surface area (Å²) >= 11 is 0. The van der Waals surface area contributed by atoms with Crippen molar-refractivity contribution in [2.24, 2.45) is 5.73 Å². The van der Waals surface area contributed by atoms with Crippen molar-refractivity contribution in [3.05, 3.63) is 34.9 Å². The van der Waals surface area contributed by atoms with Crippen LogP contribution in [-0.2, 0) is 19.4 Å². The number of nitrogens with two attached hydrogens (primary N) is 1. The largest absolute Gasteiger partial charge is 0.327 e. The molecule has 1 aromatic rings. The third kappa shape index (κ3) is 1.74. The fraction of sp³-hybridized carbons (Fsp3) is 0.455. The standard InChI is InChI=1S/C11H16N2/c1-13-7-8-2-3-9-5-11(12)6-10(9)4-8/h2-4,11,13H,5-7,12H2,1H3. The first-order chi connectivity index (χ1) is 6.29. The minimum Gasteiger partial charge on any atom is -0.327 e. The Morgan fingerprint density at radius 1 is 1.38 bits per heavy atom. The number of hydrogen-bond acceptors (Lipinski definition) is 2. The van der Waals surface area contributed by atoms with Gasteiger partial charge in [-0.1, -0.05) is 18.2 Å². The minimum absolute atomic E-state index is 0.347. The zero-order chi connectivity index (χ0) is 9.26. The van der Waals surface area contributed by atoms with E-state index in [0.717, 1.165) is 19.4 Å². The maximum atomic E-state index is 5.89. The van der Waals surface area contributed by atoms with Gasteiger partial charge in [-0.05, 0) is 36.6 Å². The van der Waals surface area contributed by atoms with E-state index in [9.17, 15) is 0 Å². The van der Waals surface area contributed by atoms with Crippen LogP contribution in [0.3, 0.4) is 0 Å². The lowest BCUT2D eigenvalue weighted by molar-refractivity contribution is 0.721. The fourth-order valence-corrected chi connectivity index (χ4v) is 2.02. The second-order valence-electron chi connectivity index (χ2n) is 3.80. The van der Waals surface area contributed by atoms with Crippen LogP contribution in [0, 0.1) is 0 Å². The molecule has 0 saturated heterocycles. The number of rotatable bonds is 2. The number of hydrogen-bond donors (Lipinski definition) is 2. The highest BCUT2D eigenvalue weighted by Crippen LogP contribution is 2.22. The summed E-state index contributed by atoms with van der Waals surface area (Å²) in [6, 6.07) is 7.03. The highest BCUT2D eigenvalue weighted by atomic mass is 14.8. The molecule has 0 spiro atoms. The summed E-state index contributed by atoms with van der Waals surface area (Å²) in [7, 11) is 1.97. The second kappa shape index (κ2) is 3.48. The van der Waals surface area contributed by atoms with Gasteiger partial charge in [-0.15, -0.1) is 0 Å². The fourth-order valence-electron chi connectivity index (χ4n) is 2.02. The van der Waals surface area contributed by atoms with Crippen LogP contribution in [0.25, 0.3) is 0 Å². The van der Waals surface area contributed by atoms with Crippen LogP contribution >= 0.6 is 0 Å². The molecule has 3 N–H and O–H groups in total. The van der Waals surface area contributed by atoms with Crippen molar-refractivity contribution < 1.29 is 0 Å². The van der Waals surface area contributed by atoms with Crippen LogP contribution in [-0.4, -0.2) is 13.1 Å². The molecule has 13 heavy (non-hydrogen) atoms. The number of nitrogens with one attached hydrogen (secondary N) is 1. The Kier molecular flexibility index (Phi) is 2.34. The van der Waals surface area contributed by atoms with E-state index in [1.807, 2.05) is 7.05 Å². The van der Waals surface area contributed by atoms with Gasteiger partial charge >= 0.3 is 0 Å². The zero-order valence-electron chi connectivity index (χ0n) is 8.01. The molecule has 0 radical (unpaired) electrons. The number of fused-ring (bicyclic) bond motifs is 1. The van der Waals surface area contributed by atoms with Crippen molar-refractivity contribution >= 4 is 0 Å². The molecule has 70 valence electrons. The lowest BCUT2D eigenvalue weighted by atomic mass is 10.1. The molecule has 0 aliphatic heterocycles. The average Bonchev–Trinajstić information content (AvgIpc) is 2.44. The molecule has 2 nitrogen and oxygen atoms in total. The van der Waals surface area contributed by atoms with Gasteiger partial charge in [0.1, 0.15) is 0 Å². The van der Waals surface area contributed by atoms with Gasteiger partial charge in [0.25, 0.3) is 0 Å². The highest BCUT2D eigenvalue weighted by Gasteiger charge is 2.17. The molecule has 1 aliphatic carbocycles. The maximum Gasteiger partial charge on any atom is 0.0202 e. The molecule has 0 heterocycles. The van der Waals surface area contributed by atoms with Crippen molar-refractivity contribution in [3.63, 3.8) is 0 Å². The number of benzene rings is 1. The Balaban J connectivity index is 2.24. The third-order valence-corrected chi connectivity index (χ3v) is 2.62. The smallest absolute Gasteiger partial charge is 0.0202 e. The van der Waals surface area contributed by atoms with E-state index in [-0.39, 0.29) is 0 Å². The monoisotopic (exact) mass is 176 g/mol. The SMILES string of the molecule is CNCc1ccc2c(c1)CC(N)C2. The molecule has 0 aromatic heterocycles. The van der Waals surface area contributed by atoms with E-state index in [2.05, 4.69) is 23.5 Å². The lowest BCUT2D eigenvalue weighted by Gasteiger charge is -2.03. The van der Waals surface area contributed by atoms with Gasteiger partial charge in [0.15, 0.2) is 0 Å². The normalized spacial score (nSPS) is 20.3. The van der Waals surface area contributed by atoms with Gasteiger partial charge in [-0.3, -0.25) is 0 Å². The van der Waals surface area contributed by atoms with Crippen molar-refractivity contribution in [2.75, 3.05) is 7.05 Å². The predicted octanol–water partition coefficient (Wildman–Crippen LogP) is 0.832. The van der Waals surface area contributed by atoms with Crippen molar-refractivity contribution in [3.8, 4) is 0 Å². The summed E-state index contributed by atoms with van der Waals surface area (Å²) in [6.45, 7) is 0.947. The summed E-state index contributed by atoms with van der Waals surface area (Å²) in [6.07, 6.45) is 2.10. The molecule has 0 saturated carbocycles. The molecular formula is C11H16N2. The van der Waals surface area contributed by atoms with Crippen LogP contribution in [0.4, 0.5) is 0 Å². The first kappa shape index (κ1) is 8.73. The van der Waals surface area contributed by atoms with Crippen LogP contribution in [0.5, 0.6) is 0 Å². The highest BCUT2D eigenvalue weighted by molar-refractivity contribution is 5.36. The van der Waals surface area contributed by atoms with Crippen LogP contribution in [0.2, 0.25) is 0 Å². The van der Waals surface area contributed by atoms with Gasteiger partial charge in [-0.25, -0.2) is 0 Å². The Hall–Kier alpha value is -0.860. The quantitative estimate of drug-likeness (QED) is 0.700. The van der Waals surface area contributed by atoms with E-state index >= 15 is 0 Å². The van der Waals surface area contributed by atoms with Gasteiger partial charge in [-0.2, -0.15) is 0 Å². The van der Waals surface area contributed by atoms with Crippen molar-refractivity contribution in [1.82, 2.24) is 5.32 Å². The van der Waals surface area contributed by atoms with E-state index in [1.54, 1.807) is 0 Å². The zero-order valence-corrected chi connectivity index (χ0v) is 8.01. The Morgan fingerprint density at radius 3 is 2.92 bits per heavy atom. The third-order valence-electron chi connectivity index (χ3n) is 2.62. The van der Waals surface area contributed by atoms with Gasteiger partial charge in [0.05, 0.1) is 0 Å². The summed E-state index contributed by atoms with van der Waals surface area (Å²) in [4.78, 5) is 0. The molecule has 1 aromatic carbocycles. The van der Waals surface area contributed by atoms with E-state index < -0.39 is 0 Å². The first-order valence-electron chi connectivity index (χ1n) is 4.80. The minimum atomic E-state index is 0.347. The van der Waals surface area contributed by atoms with Crippen molar-refractivity contribution in [1.29, 1.82) is 0 Å². The van der Waals surface area contributed by atoms with Gasteiger partial charge in [0, 0.05) is 12.6 Å². The predicted molar refractivity (Wildman–Crippen MR) is 54.6 cm³/mol. The lowest BCUT2D eigenvalue weighted by Crippen LogP contribution is -2.19. The molecule has 0 bridgehead atoms. The Morgan fingerprint density at radius 2 is 2.15 bits per heavy atom. The summed E-state index contributed by atoms with van der Waals surface area (Å²) in [5.41, 5.74) is 10.1. The van der Waals surface area contributed by atoms with Crippen LogP contribution < -0.4 is 11.1 Å². The molecule has 1 unspecified atom stereocenters. The molecule has 1 aliphatic rings. The van der Waals surface area contributed by atoms with E-state index in [1.165, 1.54) is 16.7 Å². The molecule has 0 fully saturated rings. The summed E-state index contributed by atoms with van der Waals surface area (Å²) < 4.78 is 0. The summed E-state index contributed by atoms with van der Waals surface area (Å²) in [5.74, 6) is 0. The topological polar surface area (TPSA) is 38.0 Å². The molecule has 2 rings (SSSR count). The van der Waals surface area contributed by atoms with Gasteiger partial charge < -0.3 is 11.1 Å². The Labute approximate surface area is 79.1 Å². The van der Waals surface area contributed by atoms with E-state index in [4.69, 9.17) is 5.73 Å². The summed E-state index contributed by atoms with van der Waals surface area (Å²) in [5, 5.41) is 3.16. The van der Waals surface area contributed by atoms with E-state index in [0.29, 0.717) is 6.04 Å². The first-order valence-corrected chi connectivity index (χ1v) is 4.80. The van der Waals surface area contributed by atoms with Gasteiger partial charge in [0.2, 0.25) is 0 Å². The molecule has 2 heteroatoms. The average molecular weight is 176 g/mol. The molecule has 0 amide bonds. The maximum absolute atomic E-state index is 5.89. The van der Waals surface area contributed by atoms with Crippen LogP contribution in [0.1, 0.15) is 16.7 Å².